The first-order valence-electron chi connectivity index (χ1n) is 7.17. The van der Waals surface area contributed by atoms with Crippen molar-refractivity contribution in [2.45, 2.75) is 39.0 Å². The zero-order valence-corrected chi connectivity index (χ0v) is 11.6. The minimum Gasteiger partial charge on any atom is -0.395 e. The summed E-state index contributed by atoms with van der Waals surface area (Å²) in [5.41, 5.74) is 2.16. The third-order valence-corrected chi connectivity index (χ3v) is 3.90. The second kappa shape index (κ2) is 6.20. The molecule has 0 spiro atoms. The SMILES string of the molecule is CCCc1ccc(CCNC(=O)C2(CO)CC2)cc1. The van der Waals surface area contributed by atoms with Crippen LogP contribution >= 0.6 is 0 Å². The Kier molecular flexibility index (Phi) is 4.59. The van der Waals surface area contributed by atoms with Crippen LogP contribution in [0.4, 0.5) is 0 Å². The van der Waals surface area contributed by atoms with Crippen molar-refractivity contribution in [1.82, 2.24) is 5.32 Å². The molecule has 0 aliphatic heterocycles. The van der Waals surface area contributed by atoms with E-state index in [1.165, 1.54) is 17.5 Å². The molecule has 1 saturated carbocycles. The first-order chi connectivity index (χ1) is 9.20. The average Bonchev–Trinajstić information content (AvgIpc) is 3.22. The predicted octanol–water partition coefficient (Wildman–Crippen LogP) is 2.07. The molecule has 1 aromatic carbocycles. The Balaban J connectivity index is 1.75. The summed E-state index contributed by atoms with van der Waals surface area (Å²) in [6.07, 6.45) is 4.77. The molecule has 19 heavy (non-hydrogen) atoms. The number of nitrogens with one attached hydrogen (secondary N) is 1. The van der Waals surface area contributed by atoms with Crippen LogP contribution in [0.5, 0.6) is 0 Å². The number of benzene rings is 1. The molecule has 0 bridgehead atoms. The van der Waals surface area contributed by atoms with Crippen molar-refractivity contribution in [3.8, 4) is 0 Å². The van der Waals surface area contributed by atoms with E-state index in [9.17, 15) is 4.79 Å². The van der Waals surface area contributed by atoms with E-state index in [4.69, 9.17) is 5.11 Å². The molecule has 0 aromatic heterocycles. The molecule has 0 atom stereocenters. The summed E-state index contributed by atoms with van der Waals surface area (Å²) >= 11 is 0. The standard InChI is InChI=1S/C16H23NO2/c1-2-3-13-4-6-14(7-5-13)8-11-17-15(19)16(12-18)9-10-16/h4-7,18H,2-3,8-12H2,1H3,(H,17,19). The molecule has 1 fully saturated rings. The second-order valence-electron chi connectivity index (χ2n) is 5.51. The monoisotopic (exact) mass is 261 g/mol. The van der Waals surface area contributed by atoms with Gasteiger partial charge in [0.15, 0.2) is 0 Å². The summed E-state index contributed by atoms with van der Waals surface area (Å²) in [7, 11) is 0. The summed E-state index contributed by atoms with van der Waals surface area (Å²) in [4.78, 5) is 11.8. The zero-order valence-electron chi connectivity index (χ0n) is 11.6. The molecule has 3 nitrogen and oxygen atoms in total. The Bertz CT molecular complexity index is 421. The number of aliphatic hydroxyl groups excluding tert-OH is 1. The summed E-state index contributed by atoms with van der Waals surface area (Å²) in [5, 5.41) is 12.1. The van der Waals surface area contributed by atoms with Crippen LogP contribution in [-0.4, -0.2) is 24.2 Å². The quantitative estimate of drug-likeness (QED) is 0.789. The third-order valence-electron chi connectivity index (χ3n) is 3.90. The number of rotatable bonds is 7. The fourth-order valence-electron chi connectivity index (χ4n) is 2.28. The molecule has 3 heteroatoms. The van der Waals surface area contributed by atoms with Crippen molar-refractivity contribution in [2.75, 3.05) is 13.2 Å². The van der Waals surface area contributed by atoms with Gasteiger partial charge in [-0.1, -0.05) is 37.6 Å². The van der Waals surface area contributed by atoms with Crippen molar-refractivity contribution in [2.24, 2.45) is 5.41 Å². The number of amides is 1. The molecule has 1 aliphatic carbocycles. The molecular formula is C16H23NO2. The summed E-state index contributed by atoms with van der Waals surface area (Å²) in [6, 6.07) is 8.60. The van der Waals surface area contributed by atoms with Crippen LogP contribution in [0, 0.1) is 5.41 Å². The van der Waals surface area contributed by atoms with Crippen molar-refractivity contribution < 1.29 is 9.90 Å². The van der Waals surface area contributed by atoms with E-state index in [1.54, 1.807) is 0 Å². The van der Waals surface area contributed by atoms with E-state index in [0.717, 1.165) is 25.7 Å². The van der Waals surface area contributed by atoms with E-state index in [1.807, 2.05) is 0 Å². The highest BCUT2D eigenvalue weighted by Gasteiger charge is 2.49. The van der Waals surface area contributed by atoms with E-state index in [2.05, 4.69) is 36.5 Å². The zero-order chi connectivity index (χ0) is 13.7. The van der Waals surface area contributed by atoms with Crippen LogP contribution in [0.1, 0.15) is 37.3 Å². The molecule has 2 rings (SSSR count). The number of carbonyl (C=O) groups is 1. The first kappa shape index (κ1) is 14.1. The maximum atomic E-state index is 11.8. The largest absolute Gasteiger partial charge is 0.395 e. The lowest BCUT2D eigenvalue weighted by atomic mass is 10.1. The van der Waals surface area contributed by atoms with Gasteiger partial charge in [0, 0.05) is 6.54 Å². The maximum Gasteiger partial charge on any atom is 0.228 e. The van der Waals surface area contributed by atoms with Crippen molar-refractivity contribution in [3.05, 3.63) is 35.4 Å². The van der Waals surface area contributed by atoms with Crippen LogP contribution in [0.3, 0.4) is 0 Å². The number of hydrogen-bond acceptors (Lipinski definition) is 2. The normalized spacial score (nSPS) is 16.1. The van der Waals surface area contributed by atoms with Gasteiger partial charge in [-0.3, -0.25) is 4.79 Å². The van der Waals surface area contributed by atoms with Gasteiger partial charge in [-0.05, 0) is 36.8 Å². The number of aliphatic hydroxyl groups is 1. The van der Waals surface area contributed by atoms with Crippen LogP contribution in [0.25, 0.3) is 0 Å². The molecule has 1 amide bonds. The Morgan fingerprint density at radius 3 is 2.26 bits per heavy atom. The third kappa shape index (κ3) is 3.57. The number of carbonyl (C=O) groups excluding carboxylic acids is 1. The molecule has 1 aromatic rings. The number of aryl methyl sites for hydroxylation is 1. The lowest BCUT2D eigenvalue weighted by Gasteiger charge is -2.12. The highest BCUT2D eigenvalue weighted by molar-refractivity contribution is 5.85. The summed E-state index contributed by atoms with van der Waals surface area (Å²) in [6.45, 7) is 2.80. The molecule has 1 aliphatic rings. The van der Waals surface area contributed by atoms with E-state index < -0.39 is 5.41 Å². The van der Waals surface area contributed by atoms with Crippen LogP contribution < -0.4 is 5.32 Å². The Hall–Kier alpha value is -1.35. The Morgan fingerprint density at radius 1 is 1.21 bits per heavy atom. The van der Waals surface area contributed by atoms with Crippen molar-refractivity contribution in [3.63, 3.8) is 0 Å². The van der Waals surface area contributed by atoms with E-state index in [0.29, 0.717) is 6.54 Å². The Morgan fingerprint density at radius 2 is 1.79 bits per heavy atom. The summed E-state index contributed by atoms with van der Waals surface area (Å²) in [5.74, 6) is 0.0117. The lowest BCUT2D eigenvalue weighted by Crippen LogP contribution is -2.35. The Labute approximate surface area is 115 Å². The molecule has 104 valence electrons. The topological polar surface area (TPSA) is 49.3 Å². The van der Waals surface area contributed by atoms with Crippen LogP contribution in [0.2, 0.25) is 0 Å². The van der Waals surface area contributed by atoms with Gasteiger partial charge in [0.25, 0.3) is 0 Å². The van der Waals surface area contributed by atoms with Gasteiger partial charge in [0.05, 0.1) is 12.0 Å². The van der Waals surface area contributed by atoms with Crippen molar-refractivity contribution >= 4 is 5.91 Å². The van der Waals surface area contributed by atoms with E-state index in [-0.39, 0.29) is 12.5 Å². The lowest BCUT2D eigenvalue weighted by molar-refractivity contribution is -0.127. The van der Waals surface area contributed by atoms with Crippen LogP contribution in [0.15, 0.2) is 24.3 Å². The fourth-order valence-corrected chi connectivity index (χ4v) is 2.28. The van der Waals surface area contributed by atoms with Gasteiger partial charge < -0.3 is 10.4 Å². The fraction of sp³-hybridized carbons (Fsp3) is 0.562. The molecule has 2 N–H and O–H groups in total. The van der Waals surface area contributed by atoms with Gasteiger partial charge in [0.1, 0.15) is 0 Å². The first-order valence-corrected chi connectivity index (χ1v) is 7.17. The number of hydrogen-bond donors (Lipinski definition) is 2. The minimum atomic E-state index is -0.453. The summed E-state index contributed by atoms with van der Waals surface area (Å²) < 4.78 is 0. The second-order valence-corrected chi connectivity index (χ2v) is 5.51. The van der Waals surface area contributed by atoms with Crippen molar-refractivity contribution in [1.29, 1.82) is 0 Å². The highest BCUT2D eigenvalue weighted by atomic mass is 16.3. The predicted molar refractivity (Wildman–Crippen MR) is 75.9 cm³/mol. The molecule has 0 saturated heterocycles. The smallest absolute Gasteiger partial charge is 0.228 e. The molecule has 0 radical (unpaired) electrons. The molecule has 0 unspecified atom stereocenters. The highest BCUT2D eigenvalue weighted by Crippen LogP contribution is 2.45. The molecular weight excluding hydrogens is 238 g/mol. The van der Waals surface area contributed by atoms with E-state index >= 15 is 0 Å². The van der Waals surface area contributed by atoms with Gasteiger partial charge in [0.2, 0.25) is 5.91 Å². The van der Waals surface area contributed by atoms with Gasteiger partial charge in [-0.15, -0.1) is 0 Å². The average molecular weight is 261 g/mol. The minimum absolute atomic E-state index is 0.0117. The van der Waals surface area contributed by atoms with Gasteiger partial charge >= 0.3 is 0 Å². The van der Waals surface area contributed by atoms with Gasteiger partial charge in [-0.2, -0.15) is 0 Å². The van der Waals surface area contributed by atoms with Gasteiger partial charge in [-0.25, -0.2) is 0 Å². The molecule has 0 heterocycles. The van der Waals surface area contributed by atoms with Crippen LogP contribution in [-0.2, 0) is 17.6 Å². The maximum absolute atomic E-state index is 11.8.